The van der Waals surface area contributed by atoms with Crippen molar-refractivity contribution >= 4 is 0 Å². The van der Waals surface area contributed by atoms with Crippen molar-refractivity contribution in [1.29, 1.82) is 0 Å². The van der Waals surface area contributed by atoms with Crippen molar-refractivity contribution in [3.05, 3.63) is 53.8 Å². The molecule has 0 amide bonds. The van der Waals surface area contributed by atoms with Crippen LogP contribution in [0.2, 0.25) is 0 Å². The molecule has 0 spiro atoms. The van der Waals surface area contributed by atoms with Crippen molar-refractivity contribution in [2.24, 2.45) is 5.92 Å². The monoisotopic (exact) mass is 343 g/mol. The van der Waals surface area contributed by atoms with Gasteiger partial charge in [0.2, 0.25) is 0 Å². The molecule has 0 unspecified atom stereocenters. The van der Waals surface area contributed by atoms with Gasteiger partial charge in [0.05, 0.1) is 31.2 Å². The van der Waals surface area contributed by atoms with Gasteiger partial charge in [-0.15, -0.1) is 0 Å². The highest BCUT2D eigenvalue weighted by Crippen LogP contribution is 2.20. The predicted molar refractivity (Wildman–Crippen MR) is 98.2 cm³/mol. The second-order valence-corrected chi connectivity index (χ2v) is 7.19. The summed E-state index contributed by atoms with van der Waals surface area (Å²) in [6.07, 6.45) is 9.32. The van der Waals surface area contributed by atoms with Crippen LogP contribution in [0.1, 0.15) is 36.4 Å². The maximum Gasteiger partial charge on any atom is 0.117 e. The first kappa shape index (κ1) is 18.0. The molecule has 2 aromatic heterocycles. The molecule has 0 saturated heterocycles. The fraction of sp³-hybridized carbons (Fsp3) is 0.550. The number of aliphatic hydroxyl groups excluding tert-OH is 1. The van der Waals surface area contributed by atoms with Gasteiger partial charge >= 0.3 is 0 Å². The van der Waals surface area contributed by atoms with Crippen molar-refractivity contribution in [3.8, 4) is 0 Å². The van der Waals surface area contributed by atoms with Crippen molar-refractivity contribution in [2.45, 2.75) is 52.3 Å². The molecule has 5 nitrogen and oxygen atoms in total. The molecule has 0 saturated carbocycles. The van der Waals surface area contributed by atoms with Crippen LogP contribution in [0, 0.1) is 19.8 Å². The Morgan fingerprint density at radius 1 is 1.40 bits per heavy atom. The highest BCUT2D eigenvalue weighted by atomic mass is 16.3. The van der Waals surface area contributed by atoms with E-state index in [1.165, 1.54) is 6.42 Å². The van der Waals surface area contributed by atoms with Crippen LogP contribution in [0.15, 0.2) is 41.0 Å². The van der Waals surface area contributed by atoms with Crippen LogP contribution in [0.3, 0.4) is 0 Å². The first-order valence-electron chi connectivity index (χ1n) is 9.19. The largest absolute Gasteiger partial charge is 0.468 e. The Labute approximate surface area is 149 Å². The molecule has 0 aromatic carbocycles. The summed E-state index contributed by atoms with van der Waals surface area (Å²) in [6.45, 7) is 6.89. The lowest BCUT2D eigenvalue weighted by atomic mass is 9.94. The maximum absolute atomic E-state index is 10.6. The summed E-state index contributed by atoms with van der Waals surface area (Å²) in [6, 6.07) is 5.96. The van der Waals surface area contributed by atoms with Gasteiger partial charge in [-0.2, -0.15) is 5.10 Å². The standard InChI is InChI=1S/C20H29N3O2/c1-16-11-17(2)23(21-16)14-19(24)13-22(15-20-9-6-10-25-20)12-18-7-4-3-5-8-18/h3-4,6,9-11,18-19,24H,5,7-8,12-15H2,1-2H3/t18-,19+/m0/s1. The highest BCUT2D eigenvalue weighted by molar-refractivity contribution is 5.06. The Bertz CT molecular complexity index is 675. The number of hydrogen-bond acceptors (Lipinski definition) is 4. The lowest BCUT2D eigenvalue weighted by Crippen LogP contribution is -2.38. The summed E-state index contributed by atoms with van der Waals surface area (Å²) in [4.78, 5) is 2.32. The molecule has 3 rings (SSSR count). The summed E-state index contributed by atoms with van der Waals surface area (Å²) < 4.78 is 7.42. The molecule has 1 aliphatic rings. The van der Waals surface area contributed by atoms with Crippen LogP contribution < -0.4 is 0 Å². The van der Waals surface area contributed by atoms with Gasteiger partial charge in [0.15, 0.2) is 0 Å². The second-order valence-electron chi connectivity index (χ2n) is 7.19. The molecule has 5 heteroatoms. The number of aryl methyl sites for hydroxylation is 2. The van der Waals surface area contributed by atoms with Gasteiger partial charge in [-0.3, -0.25) is 9.58 Å². The lowest BCUT2D eigenvalue weighted by molar-refractivity contribution is 0.0779. The van der Waals surface area contributed by atoms with E-state index in [2.05, 4.69) is 22.2 Å². The molecular weight excluding hydrogens is 314 g/mol. The van der Waals surface area contributed by atoms with Gasteiger partial charge < -0.3 is 9.52 Å². The van der Waals surface area contributed by atoms with Gasteiger partial charge in [0.25, 0.3) is 0 Å². The van der Waals surface area contributed by atoms with E-state index in [4.69, 9.17) is 4.42 Å². The number of hydrogen-bond donors (Lipinski definition) is 1. The summed E-state index contributed by atoms with van der Waals surface area (Å²) >= 11 is 0. The van der Waals surface area contributed by atoms with Crippen molar-refractivity contribution in [2.75, 3.05) is 13.1 Å². The van der Waals surface area contributed by atoms with Gasteiger partial charge in [-0.1, -0.05) is 12.2 Å². The van der Waals surface area contributed by atoms with Crippen molar-refractivity contribution in [3.63, 3.8) is 0 Å². The number of aromatic nitrogens is 2. The molecule has 0 fully saturated rings. The number of furan rings is 1. The van der Waals surface area contributed by atoms with E-state index in [1.54, 1.807) is 6.26 Å². The third-order valence-corrected chi connectivity index (χ3v) is 4.81. The van der Waals surface area contributed by atoms with E-state index in [0.29, 0.717) is 19.0 Å². The minimum Gasteiger partial charge on any atom is -0.468 e. The fourth-order valence-electron chi connectivity index (χ4n) is 3.63. The summed E-state index contributed by atoms with van der Waals surface area (Å²) in [5.41, 5.74) is 2.08. The minimum atomic E-state index is -0.452. The second kappa shape index (κ2) is 8.50. The molecule has 1 aliphatic carbocycles. The van der Waals surface area contributed by atoms with E-state index in [0.717, 1.165) is 43.1 Å². The summed E-state index contributed by atoms with van der Waals surface area (Å²) in [5, 5.41) is 15.1. The maximum atomic E-state index is 10.6. The highest BCUT2D eigenvalue weighted by Gasteiger charge is 2.19. The molecule has 136 valence electrons. The Morgan fingerprint density at radius 2 is 2.28 bits per heavy atom. The van der Waals surface area contributed by atoms with Gasteiger partial charge in [0.1, 0.15) is 5.76 Å². The third kappa shape index (κ3) is 5.31. The van der Waals surface area contributed by atoms with Crippen LogP contribution in [0.5, 0.6) is 0 Å². The molecule has 2 atom stereocenters. The average molecular weight is 343 g/mol. The van der Waals surface area contributed by atoms with Gasteiger partial charge in [0, 0.05) is 18.8 Å². The Kier molecular flexibility index (Phi) is 6.10. The molecule has 0 radical (unpaired) electrons. The first-order chi connectivity index (χ1) is 12.1. The molecule has 0 aliphatic heterocycles. The van der Waals surface area contributed by atoms with E-state index in [-0.39, 0.29) is 0 Å². The normalized spacial score (nSPS) is 18.8. The van der Waals surface area contributed by atoms with E-state index < -0.39 is 6.10 Å². The number of nitrogens with zero attached hydrogens (tertiary/aromatic N) is 3. The molecule has 2 heterocycles. The Hall–Kier alpha value is -1.85. The number of allylic oxidation sites excluding steroid dienone is 2. The zero-order chi connectivity index (χ0) is 17.6. The molecule has 0 bridgehead atoms. The van der Waals surface area contributed by atoms with Gasteiger partial charge in [-0.25, -0.2) is 0 Å². The Balaban J connectivity index is 1.61. The molecule has 2 aromatic rings. The van der Waals surface area contributed by atoms with Gasteiger partial charge in [-0.05, 0) is 57.2 Å². The van der Waals surface area contributed by atoms with Crippen LogP contribution in [0.4, 0.5) is 0 Å². The van der Waals surface area contributed by atoms with Crippen LogP contribution in [0.25, 0.3) is 0 Å². The minimum absolute atomic E-state index is 0.452. The first-order valence-corrected chi connectivity index (χ1v) is 9.19. The van der Waals surface area contributed by atoms with E-state index >= 15 is 0 Å². The zero-order valence-corrected chi connectivity index (χ0v) is 15.3. The number of aliphatic hydroxyl groups is 1. The quantitative estimate of drug-likeness (QED) is 0.747. The zero-order valence-electron chi connectivity index (χ0n) is 15.3. The van der Waals surface area contributed by atoms with Crippen molar-refractivity contribution < 1.29 is 9.52 Å². The predicted octanol–water partition coefficient (Wildman–Crippen LogP) is 3.31. The summed E-state index contributed by atoms with van der Waals surface area (Å²) in [5.74, 6) is 1.60. The van der Waals surface area contributed by atoms with E-state index in [9.17, 15) is 5.11 Å². The molecular formula is C20H29N3O2. The molecule has 1 N–H and O–H groups in total. The average Bonchev–Trinajstić information content (AvgIpc) is 3.18. The van der Waals surface area contributed by atoms with Crippen molar-refractivity contribution in [1.82, 2.24) is 14.7 Å². The van der Waals surface area contributed by atoms with Crippen LogP contribution >= 0.6 is 0 Å². The SMILES string of the molecule is Cc1cc(C)n(C[C@H](O)CN(Cc2ccco2)C[C@H]2CC=CCC2)n1. The number of rotatable bonds is 8. The third-order valence-electron chi connectivity index (χ3n) is 4.81. The topological polar surface area (TPSA) is 54.4 Å². The van der Waals surface area contributed by atoms with Crippen LogP contribution in [-0.2, 0) is 13.1 Å². The lowest BCUT2D eigenvalue weighted by Gasteiger charge is -2.29. The Morgan fingerprint density at radius 3 is 2.92 bits per heavy atom. The van der Waals surface area contributed by atoms with Crippen LogP contribution in [-0.4, -0.2) is 39.0 Å². The smallest absolute Gasteiger partial charge is 0.117 e. The fourth-order valence-corrected chi connectivity index (χ4v) is 3.63. The summed E-state index contributed by atoms with van der Waals surface area (Å²) in [7, 11) is 0. The van der Waals surface area contributed by atoms with E-state index in [1.807, 2.05) is 36.7 Å². The molecule has 25 heavy (non-hydrogen) atoms.